The van der Waals surface area contributed by atoms with Crippen molar-refractivity contribution in [3.8, 4) is 5.75 Å². The normalized spacial score (nSPS) is 12.1. The highest BCUT2D eigenvalue weighted by Gasteiger charge is 2.19. The summed E-state index contributed by atoms with van der Waals surface area (Å²) in [5.74, 6) is 0.186. The fourth-order valence-electron chi connectivity index (χ4n) is 2.81. The van der Waals surface area contributed by atoms with Crippen LogP contribution >= 0.6 is 23.2 Å². The quantitative estimate of drug-likeness (QED) is 0.409. The summed E-state index contributed by atoms with van der Waals surface area (Å²) < 4.78 is 33.5. The van der Waals surface area contributed by atoms with E-state index in [1.54, 1.807) is 42.5 Å². The third-order valence-corrected chi connectivity index (χ3v) is 6.67. The van der Waals surface area contributed by atoms with Crippen LogP contribution < -0.4 is 14.8 Å². The van der Waals surface area contributed by atoms with Gasteiger partial charge in [0.25, 0.3) is 15.9 Å². The van der Waals surface area contributed by atoms with Crippen molar-refractivity contribution in [2.24, 2.45) is 0 Å². The molecule has 0 aliphatic heterocycles. The van der Waals surface area contributed by atoms with Crippen LogP contribution in [-0.2, 0) is 14.8 Å². The zero-order valence-corrected chi connectivity index (χ0v) is 19.8. The average Bonchev–Trinajstić information content (AvgIpc) is 2.76. The van der Waals surface area contributed by atoms with Crippen molar-refractivity contribution in [3.63, 3.8) is 0 Å². The number of amides is 1. The zero-order chi connectivity index (χ0) is 23.3. The number of aryl methyl sites for hydroxylation is 1. The number of rotatable bonds is 8. The van der Waals surface area contributed by atoms with Gasteiger partial charge in [-0.3, -0.25) is 9.52 Å². The second kappa shape index (κ2) is 10.3. The average molecular weight is 493 g/mol. The molecular weight excluding hydrogens is 471 g/mol. The predicted octanol–water partition coefficient (Wildman–Crippen LogP) is 5.90. The minimum Gasteiger partial charge on any atom is -0.481 e. The highest BCUT2D eigenvalue weighted by molar-refractivity contribution is 7.92. The molecule has 0 saturated carbocycles. The number of halogens is 2. The Bertz CT molecular complexity index is 1200. The van der Waals surface area contributed by atoms with E-state index < -0.39 is 16.1 Å². The van der Waals surface area contributed by atoms with Crippen LogP contribution in [0.3, 0.4) is 0 Å². The van der Waals surface area contributed by atoms with Crippen LogP contribution in [0.5, 0.6) is 5.75 Å². The fraction of sp³-hybridized carbons (Fsp3) is 0.174. The first-order chi connectivity index (χ1) is 15.2. The summed E-state index contributed by atoms with van der Waals surface area (Å²) in [6.45, 7) is 3.66. The van der Waals surface area contributed by atoms with Gasteiger partial charge in [0.1, 0.15) is 5.75 Å². The molecule has 0 unspecified atom stereocenters. The van der Waals surface area contributed by atoms with Gasteiger partial charge in [-0.25, -0.2) is 8.42 Å². The molecule has 0 spiro atoms. The van der Waals surface area contributed by atoms with Gasteiger partial charge in [0.15, 0.2) is 6.10 Å². The number of hydrogen-bond donors (Lipinski definition) is 2. The largest absolute Gasteiger partial charge is 0.481 e. The highest BCUT2D eigenvalue weighted by atomic mass is 35.5. The molecule has 0 aromatic heterocycles. The van der Waals surface area contributed by atoms with Crippen molar-refractivity contribution in [2.45, 2.75) is 31.3 Å². The molecule has 2 N–H and O–H groups in total. The molecule has 0 fully saturated rings. The Kier molecular flexibility index (Phi) is 7.66. The summed E-state index contributed by atoms with van der Waals surface area (Å²) in [5.41, 5.74) is 1.66. The van der Waals surface area contributed by atoms with Gasteiger partial charge in [-0.2, -0.15) is 0 Å². The number of nitrogens with one attached hydrogen (secondary N) is 2. The van der Waals surface area contributed by atoms with Gasteiger partial charge in [-0.1, -0.05) is 36.2 Å². The Morgan fingerprint density at radius 3 is 2.19 bits per heavy atom. The molecule has 1 atom stereocenters. The molecule has 9 heteroatoms. The van der Waals surface area contributed by atoms with Crippen molar-refractivity contribution in [3.05, 3.63) is 82.3 Å². The maximum Gasteiger partial charge on any atom is 0.265 e. The van der Waals surface area contributed by atoms with E-state index in [0.717, 1.165) is 5.56 Å². The van der Waals surface area contributed by atoms with Crippen LogP contribution in [0.2, 0.25) is 10.0 Å². The lowest BCUT2D eigenvalue weighted by atomic mass is 10.2. The van der Waals surface area contributed by atoms with Crippen molar-refractivity contribution >= 4 is 50.5 Å². The van der Waals surface area contributed by atoms with Crippen molar-refractivity contribution < 1.29 is 17.9 Å². The summed E-state index contributed by atoms with van der Waals surface area (Å²) in [6, 6.07) is 17.5. The van der Waals surface area contributed by atoms with Crippen LogP contribution in [0.4, 0.5) is 11.4 Å². The summed E-state index contributed by atoms with van der Waals surface area (Å²) in [5, 5.41) is 3.79. The summed E-state index contributed by atoms with van der Waals surface area (Å²) in [4.78, 5) is 12.6. The molecule has 3 aromatic carbocycles. The lowest BCUT2D eigenvalue weighted by Gasteiger charge is -2.17. The number of ether oxygens (including phenoxy) is 1. The van der Waals surface area contributed by atoms with Crippen LogP contribution in [0, 0.1) is 6.92 Å². The monoisotopic (exact) mass is 492 g/mol. The standard InChI is InChI=1S/C23H22Cl2N2O4S/c1-3-22(31-19-10-5-16(24)6-11-19)23(28)26-17-8-12-20(13-9-17)32(29,30)27-18-7-4-15(2)21(25)14-18/h4-14,22,27H,3H2,1-2H3,(H,26,28)/t22-/m1/s1. The molecule has 0 bridgehead atoms. The van der Waals surface area contributed by atoms with Crippen LogP contribution in [0.1, 0.15) is 18.9 Å². The van der Waals surface area contributed by atoms with Gasteiger partial charge in [-0.05, 0) is 79.6 Å². The van der Waals surface area contributed by atoms with Crippen LogP contribution in [0.15, 0.2) is 71.6 Å². The summed E-state index contributed by atoms with van der Waals surface area (Å²) in [7, 11) is -3.81. The summed E-state index contributed by atoms with van der Waals surface area (Å²) in [6.07, 6.45) is -0.267. The Hall–Kier alpha value is -2.74. The van der Waals surface area contributed by atoms with Crippen LogP contribution in [-0.4, -0.2) is 20.4 Å². The van der Waals surface area contributed by atoms with Crippen molar-refractivity contribution in [1.29, 1.82) is 0 Å². The Morgan fingerprint density at radius 1 is 0.969 bits per heavy atom. The molecule has 0 radical (unpaired) electrons. The van der Waals surface area contributed by atoms with Crippen LogP contribution in [0.25, 0.3) is 0 Å². The van der Waals surface area contributed by atoms with Crippen molar-refractivity contribution in [1.82, 2.24) is 0 Å². The molecule has 32 heavy (non-hydrogen) atoms. The second-order valence-corrected chi connectivity index (χ2v) is 9.58. The molecule has 0 saturated heterocycles. The van der Waals surface area contributed by atoms with E-state index >= 15 is 0 Å². The molecule has 6 nitrogen and oxygen atoms in total. The maximum absolute atomic E-state index is 12.6. The topological polar surface area (TPSA) is 84.5 Å². The third kappa shape index (κ3) is 6.16. The number of carbonyl (C=O) groups excluding carboxylic acids is 1. The van der Waals surface area contributed by atoms with Gasteiger partial charge >= 0.3 is 0 Å². The molecule has 0 aliphatic carbocycles. The number of carbonyl (C=O) groups is 1. The predicted molar refractivity (Wildman–Crippen MR) is 128 cm³/mol. The van der Waals surface area contributed by atoms with Gasteiger partial charge in [0.05, 0.1) is 10.6 Å². The molecule has 0 aliphatic rings. The van der Waals surface area contributed by atoms with Gasteiger partial charge in [-0.15, -0.1) is 0 Å². The molecule has 0 heterocycles. The molecule has 3 rings (SSSR count). The molecular formula is C23H22Cl2N2O4S. The minimum atomic E-state index is -3.81. The minimum absolute atomic E-state index is 0.0525. The number of benzene rings is 3. The first kappa shape index (κ1) is 23.9. The van der Waals surface area contributed by atoms with E-state index in [-0.39, 0.29) is 10.8 Å². The Labute approximate surface area is 197 Å². The zero-order valence-electron chi connectivity index (χ0n) is 17.4. The molecule has 3 aromatic rings. The second-order valence-electron chi connectivity index (χ2n) is 7.05. The van der Waals surface area contributed by atoms with Gasteiger partial charge in [0.2, 0.25) is 0 Å². The van der Waals surface area contributed by atoms with E-state index in [4.69, 9.17) is 27.9 Å². The van der Waals surface area contributed by atoms with E-state index in [2.05, 4.69) is 10.0 Å². The number of hydrogen-bond acceptors (Lipinski definition) is 4. The first-order valence-corrected chi connectivity index (χ1v) is 12.0. The first-order valence-electron chi connectivity index (χ1n) is 9.80. The number of anilines is 2. The molecule has 168 valence electrons. The number of sulfonamides is 1. The lowest BCUT2D eigenvalue weighted by Crippen LogP contribution is -2.32. The van der Waals surface area contributed by atoms with Gasteiger partial charge < -0.3 is 10.1 Å². The Balaban J connectivity index is 1.66. The smallest absolute Gasteiger partial charge is 0.265 e. The van der Waals surface area contributed by atoms with E-state index in [1.165, 1.54) is 24.3 Å². The summed E-state index contributed by atoms with van der Waals surface area (Å²) >= 11 is 11.9. The van der Waals surface area contributed by atoms with E-state index in [9.17, 15) is 13.2 Å². The van der Waals surface area contributed by atoms with E-state index in [1.807, 2.05) is 13.8 Å². The lowest BCUT2D eigenvalue weighted by molar-refractivity contribution is -0.122. The van der Waals surface area contributed by atoms with E-state index in [0.29, 0.717) is 33.6 Å². The maximum atomic E-state index is 12.6. The molecule has 1 amide bonds. The Morgan fingerprint density at radius 2 is 1.59 bits per heavy atom. The third-order valence-electron chi connectivity index (χ3n) is 4.61. The SMILES string of the molecule is CC[C@@H](Oc1ccc(Cl)cc1)C(=O)Nc1ccc(S(=O)(=O)Nc2ccc(C)c(Cl)c2)cc1. The highest BCUT2D eigenvalue weighted by Crippen LogP contribution is 2.24. The van der Waals surface area contributed by atoms with Crippen molar-refractivity contribution in [2.75, 3.05) is 10.0 Å². The van der Waals surface area contributed by atoms with Gasteiger partial charge in [0, 0.05) is 15.7 Å². The fourth-order valence-corrected chi connectivity index (χ4v) is 4.17.